The van der Waals surface area contributed by atoms with Crippen LogP contribution < -0.4 is 0 Å². The number of fused-ring (bicyclic) bond motifs is 4. The van der Waals surface area contributed by atoms with Crippen LogP contribution in [0.3, 0.4) is 0 Å². The zero-order chi connectivity index (χ0) is 26.0. The molecule has 1 N–H and O–H groups in total. The molecule has 0 amide bonds. The van der Waals surface area contributed by atoms with Crippen molar-refractivity contribution in [3.8, 4) is 0 Å². The van der Waals surface area contributed by atoms with Crippen molar-refractivity contribution in [3.63, 3.8) is 0 Å². The molecule has 1 aromatic heterocycles. The summed E-state index contributed by atoms with van der Waals surface area (Å²) < 4.78 is 7.21. The van der Waals surface area contributed by atoms with Crippen molar-refractivity contribution in [3.05, 3.63) is 63.5 Å². The predicted molar refractivity (Wildman–Crippen MR) is 148 cm³/mol. The molecule has 2 aromatic rings. The molecule has 2 heterocycles. The summed E-state index contributed by atoms with van der Waals surface area (Å²) in [5, 5.41) is 11.6. The van der Waals surface area contributed by atoms with Crippen molar-refractivity contribution in [1.82, 2.24) is 4.98 Å². The molecule has 0 bridgehead atoms. The first-order valence-corrected chi connectivity index (χ1v) is 14.4. The van der Waals surface area contributed by atoms with Crippen molar-refractivity contribution in [2.45, 2.75) is 135 Å². The highest BCUT2D eigenvalue weighted by Crippen LogP contribution is 2.61. The van der Waals surface area contributed by atoms with Crippen LogP contribution in [0, 0.1) is 5.41 Å². The Labute approximate surface area is 219 Å². The van der Waals surface area contributed by atoms with E-state index in [2.05, 4.69) is 79.7 Å². The maximum atomic E-state index is 11.6. The lowest BCUT2D eigenvalue weighted by Crippen LogP contribution is -2.34. The van der Waals surface area contributed by atoms with E-state index in [9.17, 15) is 5.11 Å². The second-order valence-electron chi connectivity index (χ2n) is 13.8. The van der Waals surface area contributed by atoms with Gasteiger partial charge in [-0.15, -0.1) is 0 Å². The molecule has 3 heteroatoms. The van der Waals surface area contributed by atoms with Gasteiger partial charge in [0.2, 0.25) is 0 Å². The highest BCUT2D eigenvalue weighted by Gasteiger charge is 2.53. The Kier molecular flexibility index (Phi) is 6.44. The smallest absolute Gasteiger partial charge is 0.111 e. The second kappa shape index (κ2) is 8.95. The largest absolute Gasteiger partial charge is 0.388 e. The molecule has 1 aliphatic heterocycles. The third kappa shape index (κ3) is 4.06. The first-order valence-electron chi connectivity index (χ1n) is 14.4. The molecule has 1 aromatic carbocycles. The average Bonchev–Trinajstić information content (AvgIpc) is 3.42. The third-order valence-corrected chi connectivity index (χ3v) is 9.71. The molecular formula is C33H47NO2. The number of aromatic nitrogens is 1. The molecule has 5 rings (SSSR count). The minimum Gasteiger partial charge on any atom is -0.388 e. The molecule has 1 fully saturated rings. The van der Waals surface area contributed by atoms with Crippen LogP contribution in [0.2, 0.25) is 0 Å². The first-order chi connectivity index (χ1) is 16.9. The van der Waals surface area contributed by atoms with E-state index in [0.717, 1.165) is 43.4 Å². The monoisotopic (exact) mass is 489 g/mol. The molecule has 196 valence electrons. The minimum atomic E-state index is -0.480. The lowest BCUT2D eigenvalue weighted by molar-refractivity contribution is -0.0582. The van der Waals surface area contributed by atoms with Crippen LogP contribution in [0.1, 0.15) is 164 Å². The number of hydrogen-bond acceptors (Lipinski definition) is 3. The number of hydrogen-bond donors (Lipinski definition) is 1. The van der Waals surface area contributed by atoms with Crippen molar-refractivity contribution < 1.29 is 9.84 Å². The van der Waals surface area contributed by atoms with E-state index in [1.807, 2.05) is 0 Å². The summed E-state index contributed by atoms with van der Waals surface area (Å²) in [6.45, 7) is 18.3. The maximum Gasteiger partial charge on any atom is 0.111 e. The van der Waals surface area contributed by atoms with Gasteiger partial charge in [-0.2, -0.15) is 0 Å². The standard InChI is InChI=1S/C33H47NO2/c1-9-12-20(2)28-26-27(25-24(35)19-32(7,8)21(3)29(25)34-28)33(17-10-11-18-33)36-30(26)22-13-15-23(16-14-22)31(4,5)6/h13-16,20-21,24,30,35H,9-12,17-19H2,1-8H3. The highest BCUT2D eigenvalue weighted by molar-refractivity contribution is 5.55. The van der Waals surface area contributed by atoms with Gasteiger partial charge in [-0.1, -0.05) is 98.9 Å². The Bertz CT molecular complexity index is 1120. The molecule has 0 saturated heterocycles. The van der Waals surface area contributed by atoms with Crippen molar-refractivity contribution in [2.24, 2.45) is 5.41 Å². The Hall–Kier alpha value is -1.71. The summed E-state index contributed by atoms with van der Waals surface area (Å²) >= 11 is 0. The summed E-state index contributed by atoms with van der Waals surface area (Å²) in [5.41, 5.74) is 8.47. The summed E-state index contributed by atoms with van der Waals surface area (Å²) in [5.74, 6) is 0.664. The summed E-state index contributed by atoms with van der Waals surface area (Å²) in [4.78, 5) is 5.48. The normalized spacial score (nSPS) is 27.2. The van der Waals surface area contributed by atoms with Gasteiger partial charge < -0.3 is 9.84 Å². The zero-order valence-electron chi connectivity index (χ0n) is 23.9. The van der Waals surface area contributed by atoms with Gasteiger partial charge >= 0.3 is 0 Å². The maximum absolute atomic E-state index is 11.6. The molecule has 36 heavy (non-hydrogen) atoms. The molecule has 2 aliphatic carbocycles. The van der Waals surface area contributed by atoms with Gasteiger partial charge in [0.25, 0.3) is 0 Å². The summed E-state index contributed by atoms with van der Waals surface area (Å²) in [7, 11) is 0. The van der Waals surface area contributed by atoms with Gasteiger partial charge in [-0.3, -0.25) is 4.98 Å². The molecule has 4 atom stereocenters. The molecular weight excluding hydrogens is 442 g/mol. The van der Waals surface area contributed by atoms with E-state index >= 15 is 0 Å². The number of benzene rings is 1. The van der Waals surface area contributed by atoms with Crippen molar-refractivity contribution in [2.75, 3.05) is 0 Å². The van der Waals surface area contributed by atoms with Crippen molar-refractivity contribution in [1.29, 1.82) is 0 Å². The number of ether oxygens (including phenoxy) is 1. The van der Waals surface area contributed by atoms with Crippen LogP contribution in [0.25, 0.3) is 0 Å². The Morgan fingerprint density at radius 3 is 2.31 bits per heavy atom. The Morgan fingerprint density at radius 1 is 1.08 bits per heavy atom. The van der Waals surface area contributed by atoms with Gasteiger partial charge in [0.15, 0.2) is 0 Å². The summed E-state index contributed by atoms with van der Waals surface area (Å²) in [6.07, 6.45) is 6.88. The number of pyridine rings is 1. The SMILES string of the molecule is CCCC(C)c1nc2c(c3c1C(c1ccc(C(C)(C)C)cc1)OC31CCCC1)C(O)CC(C)(C)C2C. The van der Waals surface area contributed by atoms with E-state index in [0.29, 0.717) is 11.8 Å². The average molecular weight is 490 g/mol. The lowest BCUT2D eigenvalue weighted by atomic mass is 9.65. The van der Waals surface area contributed by atoms with Crippen LogP contribution in [0.4, 0.5) is 0 Å². The molecule has 4 unspecified atom stereocenters. The number of rotatable bonds is 4. The quantitative estimate of drug-likeness (QED) is 0.467. The molecule has 3 nitrogen and oxygen atoms in total. The van der Waals surface area contributed by atoms with Gasteiger partial charge in [0.05, 0.1) is 23.1 Å². The van der Waals surface area contributed by atoms with Gasteiger partial charge in [-0.25, -0.2) is 0 Å². The number of nitrogens with zero attached hydrogens (tertiary/aromatic N) is 1. The lowest BCUT2D eigenvalue weighted by Gasteiger charge is -2.42. The van der Waals surface area contributed by atoms with E-state index in [-0.39, 0.29) is 22.5 Å². The van der Waals surface area contributed by atoms with Gasteiger partial charge in [0.1, 0.15) is 6.10 Å². The van der Waals surface area contributed by atoms with Crippen LogP contribution in [0.5, 0.6) is 0 Å². The second-order valence-corrected chi connectivity index (χ2v) is 13.8. The van der Waals surface area contributed by atoms with Crippen molar-refractivity contribution >= 4 is 0 Å². The number of aliphatic hydroxyl groups excluding tert-OH is 1. The van der Waals surface area contributed by atoms with Gasteiger partial charge in [-0.05, 0) is 59.1 Å². The Balaban J connectivity index is 1.77. The highest BCUT2D eigenvalue weighted by atomic mass is 16.5. The first kappa shape index (κ1) is 25.9. The minimum absolute atomic E-state index is 0.0173. The fourth-order valence-electron chi connectivity index (χ4n) is 7.22. The molecule has 3 aliphatic rings. The van der Waals surface area contributed by atoms with E-state index in [1.54, 1.807) is 0 Å². The summed E-state index contributed by atoms with van der Waals surface area (Å²) in [6, 6.07) is 9.11. The molecule has 1 saturated carbocycles. The zero-order valence-corrected chi connectivity index (χ0v) is 23.9. The fraction of sp³-hybridized carbons (Fsp3) is 0.667. The third-order valence-electron chi connectivity index (χ3n) is 9.71. The van der Waals surface area contributed by atoms with Crippen LogP contribution >= 0.6 is 0 Å². The fourth-order valence-corrected chi connectivity index (χ4v) is 7.22. The van der Waals surface area contributed by atoms with E-state index in [1.165, 1.54) is 40.8 Å². The molecule has 1 spiro atoms. The predicted octanol–water partition coefficient (Wildman–Crippen LogP) is 8.74. The van der Waals surface area contributed by atoms with Crippen LogP contribution in [0.15, 0.2) is 24.3 Å². The topological polar surface area (TPSA) is 42.4 Å². The van der Waals surface area contributed by atoms with Gasteiger partial charge in [0, 0.05) is 17.0 Å². The van der Waals surface area contributed by atoms with E-state index < -0.39 is 6.10 Å². The Morgan fingerprint density at radius 2 is 1.72 bits per heavy atom. The van der Waals surface area contributed by atoms with Crippen LogP contribution in [-0.4, -0.2) is 10.1 Å². The molecule has 0 radical (unpaired) electrons. The van der Waals surface area contributed by atoms with E-state index in [4.69, 9.17) is 9.72 Å². The number of aliphatic hydroxyl groups is 1. The van der Waals surface area contributed by atoms with Crippen LogP contribution in [-0.2, 0) is 15.8 Å².